The lowest BCUT2D eigenvalue weighted by Crippen LogP contribution is -2.53. The minimum atomic E-state index is -3.25. The molecule has 2 fully saturated rings. The van der Waals surface area contributed by atoms with Crippen LogP contribution in [0.5, 0.6) is 11.5 Å². The second kappa shape index (κ2) is 20.5. The molecule has 0 spiro atoms. The highest BCUT2D eigenvalue weighted by Gasteiger charge is 2.45. The van der Waals surface area contributed by atoms with E-state index >= 15 is 8.78 Å². The Bertz CT molecular complexity index is 2610. The molecule has 3 amide bonds. The predicted octanol–water partition coefficient (Wildman–Crippen LogP) is 10.3. The van der Waals surface area contributed by atoms with Crippen molar-refractivity contribution in [2.24, 2.45) is 11.8 Å². The molecule has 0 saturated carbocycles. The van der Waals surface area contributed by atoms with E-state index in [2.05, 4.69) is 55.1 Å². The number of alkyl halides is 2. The molecule has 374 valence electrons. The molecule has 3 aromatic rings. The van der Waals surface area contributed by atoms with Gasteiger partial charge in [0.2, 0.25) is 12.7 Å². The number of halogens is 2. The fourth-order valence-electron chi connectivity index (χ4n) is 10.4. The van der Waals surface area contributed by atoms with E-state index in [4.69, 9.17) is 18.9 Å². The predicted molar refractivity (Wildman–Crippen MR) is 266 cm³/mol. The van der Waals surface area contributed by atoms with E-state index in [9.17, 15) is 14.4 Å². The summed E-state index contributed by atoms with van der Waals surface area (Å²) in [6, 6.07) is 13.4. The number of likely N-dealkylation sites (tertiary alicyclic amines) is 2. The third kappa shape index (κ3) is 9.86. The first-order valence-electron chi connectivity index (χ1n) is 24.6. The molecule has 5 aliphatic rings. The maximum absolute atomic E-state index is 16.8. The largest absolute Gasteiger partial charge is 0.454 e. The number of carbonyl (C=O) groups is 3. The van der Waals surface area contributed by atoms with Crippen molar-refractivity contribution in [3.8, 4) is 22.6 Å². The lowest BCUT2D eigenvalue weighted by atomic mass is 9.90. The van der Waals surface area contributed by atoms with E-state index in [0.717, 1.165) is 52.8 Å². The summed E-state index contributed by atoms with van der Waals surface area (Å²) in [7, 11) is 3.29. The highest BCUT2D eigenvalue weighted by Crippen LogP contribution is 2.52. The number of allylic oxidation sites excluding steroid dienone is 3. The molecule has 4 heterocycles. The van der Waals surface area contributed by atoms with Gasteiger partial charge in [0.25, 0.3) is 5.92 Å². The average molecular weight is 963 g/mol. The molecule has 0 aromatic heterocycles. The normalized spacial score (nSPS) is 21.5. The standard InChI is InChI=1S/C55H68F2N6O7/c1-11-32(5)43(26-58-35(8)46-14-13-19-63(46)52(64)50(31(3)4)60-53(65)67-10)37-16-18-42-41-17-15-36(20-44(41)55(56,57)45(42)21-37)34(7)25-59-51(33(6)12-2)47-24-40(29-61(47)9)70-54(66)62-27-38-22-48-49(69-30-68-48)23-39(38)28-62/h15-18,20-23,25-26,31-32,40,46-47,50,58-59H,8,11-14,19,24,27-30H2,1-7,9-10H3,(H,60,65)/b34-25+,43-26+,51-33-/t32?,40?,46?,47-,50?/m0/s1. The smallest absolute Gasteiger partial charge is 0.410 e. The van der Waals surface area contributed by atoms with Crippen LogP contribution in [0.1, 0.15) is 114 Å². The van der Waals surface area contributed by atoms with Crippen LogP contribution in [-0.2, 0) is 33.3 Å². The minimum Gasteiger partial charge on any atom is -0.454 e. The van der Waals surface area contributed by atoms with Crippen molar-refractivity contribution in [1.29, 1.82) is 0 Å². The number of hydrogen-bond donors (Lipinski definition) is 3. The van der Waals surface area contributed by atoms with Gasteiger partial charge in [-0.3, -0.25) is 14.6 Å². The molecule has 1 aliphatic carbocycles. The van der Waals surface area contributed by atoms with Crippen LogP contribution in [0.15, 0.2) is 84.5 Å². The molecular formula is C55H68F2N6O7. The van der Waals surface area contributed by atoms with Crippen molar-refractivity contribution in [2.45, 2.75) is 124 Å². The van der Waals surface area contributed by atoms with Crippen LogP contribution >= 0.6 is 0 Å². The lowest BCUT2D eigenvalue weighted by molar-refractivity contribution is -0.134. The molecule has 0 radical (unpaired) electrons. The number of hydrogen-bond acceptors (Lipinski definition) is 10. The topological polar surface area (TPSA) is 134 Å². The van der Waals surface area contributed by atoms with E-state index in [1.165, 1.54) is 7.11 Å². The third-order valence-corrected chi connectivity index (χ3v) is 14.9. The van der Waals surface area contributed by atoms with Crippen LogP contribution in [0.2, 0.25) is 0 Å². The van der Waals surface area contributed by atoms with E-state index in [1.54, 1.807) is 34.1 Å². The molecule has 3 N–H and O–H groups in total. The first-order chi connectivity index (χ1) is 33.4. The summed E-state index contributed by atoms with van der Waals surface area (Å²) in [5.41, 5.74) is 8.75. The molecule has 3 aromatic carbocycles. The molecule has 70 heavy (non-hydrogen) atoms. The monoisotopic (exact) mass is 963 g/mol. The summed E-state index contributed by atoms with van der Waals surface area (Å²) in [5, 5.41) is 9.60. The van der Waals surface area contributed by atoms with Crippen molar-refractivity contribution >= 4 is 29.2 Å². The Morgan fingerprint density at radius 3 is 2.17 bits per heavy atom. The Hall–Kier alpha value is -6.35. The van der Waals surface area contributed by atoms with Gasteiger partial charge < -0.3 is 39.8 Å². The van der Waals surface area contributed by atoms with Gasteiger partial charge in [-0.1, -0.05) is 71.0 Å². The summed E-state index contributed by atoms with van der Waals surface area (Å²) in [5.74, 6) is -2.21. The van der Waals surface area contributed by atoms with Crippen LogP contribution in [0, 0.1) is 11.8 Å². The van der Waals surface area contributed by atoms with Gasteiger partial charge in [0.1, 0.15) is 12.1 Å². The van der Waals surface area contributed by atoms with Crippen LogP contribution in [0.25, 0.3) is 22.3 Å². The van der Waals surface area contributed by atoms with Crippen LogP contribution in [0.4, 0.5) is 18.4 Å². The summed E-state index contributed by atoms with van der Waals surface area (Å²) in [6.07, 6.45) is 6.04. The summed E-state index contributed by atoms with van der Waals surface area (Å²) >= 11 is 0. The first-order valence-corrected chi connectivity index (χ1v) is 24.6. The van der Waals surface area contributed by atoms with Gasteiger partial charge in [0.05, 0.1) is 19.2 Å². The molecular weight excluding hydrogens is 895 g/mol. The van der Waals surface area contributed by atoms with E-state index < -0.39 is 18.1 Å². The number of nitrogens with zero attached hydrogens (tertiary/aromatic N) is 3. The number of benzene rings is 3. The Morgan fingerprint density at radius 2 is 1.56 bits per heavy atom. The maximum atomic E-state index is 16.8. The number of rotatable bonds is 15. The van der Waals surface area contributed by atoms with Gasteiger partial charge in [-0.2, -0.15) is 8.78 Å². The van der Waals surface area contributed by atoms with E-state index in [1.807, 2.05) is 64.5 Å². The highest BCUT2D eigenvalue weighted by molar-refractivity contribution is 5.87. The summed E-state index contributed by atoms with van der Waals surface area (Å²) in [4.78, 5) is 44.9. The fourth-order valence-corrected chi connectivity index (χ4v) is 10.4. The number of alkyl carbamates (subject to hydrolysis) is 1. The van der Waals surface area contributed by atoms with Crippen LogP contribution in [-0.4, -0.2) is 91.1 Å². The summed E-state index contributed by atoms with van der Waals surface area (Å²) < 4.78 is 55.5. The molecule has 15 heteroatoms. The second-order valence-electron chi connectivity index (χ2n) is 19.8. The quantitative estimate of drug-likeness (QED) is 0.135. The number of carbonyl (C=O) groups excluding carboxylic acids is 3. The van der Waals surface area contributed by atoms with Gasteiger partial charge in [-0.25, -0.2) is 9.59 Å². The van der Waals surface area contributed by atoms with Gasteiger partial charge in [0.15, 0.2) is 11.5 Å². The zero-order chi connectivity index (χ0) is 50.2. The van der Waals surface area contributed by atoms with Crippen molar-refractivity contribution in [3.63, 3.8) is 0 Å². The summed E-state index contributed by atoms with van der Waals surface area (Å²) in [6.45, 7) is 20.5. The van der Waals surface area contributed by atoms with Crippen molar-refractivity contribution in [3.05, 3.63) is 118 Å². The number of fused-ring (bicyclic) bond motifs is 5. The maximum Gasteiger partial charge on any atom is 0.410 e. The Balaban J connectivity index is 0.942. The molecule has 8 rings (SSSR count). The van der Waals surface area contributed by atoms with Crippen molar-refractivity contribution in [1.82, 2.24) is 30.7 Å². The van der Waals surface area contributed by atoms with Gasteiger partial charge in [-0.15, -0.1) is 0 Å². The lowest BCUT2D eigenvalue weighted by Gasteiger charge is -2.31. The number of methoxy groups -OCH3 is 1. The number of nitrogens with one attached hydrogen (secondary N) is 3. The Kier molecular flexibility index (Phi) is 14.7. The molecule has 5 atom stereocenters. The zero-order valence-electron chi connectivity index (χ0n) is 42.0. The average Bonchev–Trinajstić information content (AvgIpc) is 4.20. The number of likely N-dealkylation sites (N-methyl/N-ethyl adjacent to an activating group) is 1. The minimum absolute atomic E-state index is 0.0140. The Labute approximate surface area is 410 Å². The van der Waals surface area contributed by atoms with Crippen molar-refractivity contribution < 1.29 is 42.1 Å². The number of ether oxygens (including phenoxy) is 4. The van der Waals surface area contributed by atoms with E-state index in [0.29, 0.717) is 78.5 Å². The molecule has 13 nitrogen and oxygen atoms in total. The second-order valence-corrected chi connectivity index (χ2v) is 19.8. The van der Waals surface area contributed by atoms with Crippen LogP contribution < -0.4 is 25.4 Å². The molecule has 4 aliphatic heterocycles. The van der Waals surface area contributed by atoms with Crippen molar-refractivity contribution in [2.75, 3.05) is 34.0 Å². The molecule has 2 saturated heterocycles. The molecule has 4 unspecified atom stereocenters. The zero-order valence-corrected chi connectivity index (χ0v) is 42.0. The SMILES string of the molecule is C=C(N/C=C(/c1ccc2c(c1)C(F)(F)c1cc(/C(C)=C/N/C(=C(/C)CC)[C@@H]3CC(OC(=O)N4Cc5cc6c(cc5C4)OCO6)CN3C)ccc1-2)C(C)CC)C1CCCN1C(=O)C(NC(=O)OC)C(C)C. The van der Waals surface area contributed by atoms with Gasteiger partial charge in [-0.05, 0) is 127 Å². The molecule has 0 bridgehead atoms. The van der Waals surface area contributed by atoms with E-state index in [-0.39, 0.29) is 59.9 Å². The first kappa shape index (κ1) is 50.1. The highest BCUT2D eigenvalue weighted by atomic mass is 19.3. The van der Waals surface area contributed by atoms with Crippen LogP contribution in [0.3, 0.4) is 0 Å². The number of amides is 3. The fraction of sp³-hybridized carbons (Fsp3) is 0.473. The Morgan fingerprint density at radius 1 is 0.914 bits per heavy atom. The van der Waals surface area contributed by atoms with Gasteiger partial charge >= 0.3 is 12.2 Å². The third-order valence-electron chi connectivity index (χ3n) is 14.9. The van der Waals surface area contributed by atoms with Gasteiger partial charge in [0, 0.05) is 67.5 Å².